The van der Waals surface area contributed by atoms with Crippen LogP contribution in [0.25, 0.3) is 0 Å². The third-order valence-corrected chi connectivity index (χ3v) is 3.01. The van der Waals surface area contributed by atoms with Crippen LogP contribution in [0.1, 0.15) is 30.5 Å². The van der Waals surface area contributed by atoms with Gasteiger partial charge in [0.2, 0.25) is 0 Å². The predicted molar refractivity (Wildman–Crippen MR) is 69.8 cm³/mol. The van der Waals surface area contributed by atoms with E-state index in [1.807, 2.05) is 6.07 Å². The summed E-state index contributed by atoms with van der Waals surface area (Å²) in [6.45, 7) is 2.94. The second-order valence-electron chi connectivity index (χ2n) is 4.52. The molecule has 1 unspecified atom stereocenters. The molecule has 0 spiro atoms. The summed E-state index contributed by atoms with van der Waals surface area (Å²) in [7, 11) is 0. The molecule has 0 aliphatic carbocycles. The smallest absolute Gasteiger partial charge is 0.159 e. The second-order valence-corrected chi connectivity index (χ2v) is 4.52. The van der Waals surface area contributed by atoms with Gasteiger partial charge in [0, 0.05) is 11.6 Å². The van der Waals surface area contributed by atoms with E-state index in [-0.39, 0.29) is 6.04 Å². The number of hydrogen-bond donors (Lipinski definition) is 1. The summed E-state index contributed by atoms with van der Waals surface area (Å²) >= 11 is 0. The first-order valence-corrected chi connectivity index (χ1v) is 6.40. The van der Waals surface area contributed by atoms with Crippen LogP contribution in [0.2, 0.25) is 0 Å². The van der Waals surface area contributed by atoms with E-state index < -0.39 is 11.6 Å². The minimum absolute atomic E-state index is 0.0450. The van der Waals surface area contributed by atoms with Gasteiger partial charge in [-0.15, -0.1) is 0 Å². The van der Waals surface area contributed by atoms with E-state index in [0.29, 0.717) is 6.42 Å². The molecule has 1 aromatic carbocycles. The Morgan fingerprint density at radius 3 is 2.68 bits per heavy atom. The number of halogens is 2. The molecule has 0 aliphatic rings. The Bertz CT molecular complexity index is 511. The van der Waals surface area contributed by atoms with Crippen molar-refractivity contribution in [3.63, 3.8) is 0 Å². The van der Waals surface area contributed by atoms with Gasteiger partial charge in [-0.2, -0.15) is 0 Å². The van der Waals surface area contributed by atoms with Gasteiger partial charge in [-0.05, 0) is 43.1 Å². The van der Waals surface area contributed by atoms with Crippen molar-refractivity contribution < 1.29 is 13.2 Å². The second kappa shape index (κ2) is 6.48. The van der Waals surface area contributed by atoms with Crippen LogP contribution in [0.3, 0.4) is 0 Å². The van der Waals surface area contributed by atoms with Gasteiger partial charge in [0.05, 0.1) is 12.5 Å². The van der Waals surface area contributed by atoms with Crippen LogP contribution in [0, 0.1) is 11.6 Å². The average molecular weight is 265 g/mol. The molecule has 0 amide bonds. The highest BCUT2D eigenvalue weighted by molar-refractivity contribution is 5.22. The molecule has 1 atom stereocenters. The van der Waals surface area contributed by atoms with Gasteiger partial charge in [-0.25, -0.2) is 8.78 Å². The molecule has 1 heterocycles. The summed E-state index contributed by atoms with van der Waals surface area (Å²) in [5, 5.41) is 3.38. The highest BCUT2D eigenvalue weighted by atomic mass is 19.2. The lowest BCUT2D eigenvalue weighted by Crippen LogP contribution is -2.23. The van der Waals surface area contributed by atoms with Gasteiger partial charge in [0.15, 0.2) is 11.6 Å². The lowest BCUT2D eigenvalue weighted by atomic mass is 10.0. The number of nitrogens with one attached hydrogen (secondary N) is 1. The normalized spacial score (nSPS) is 12.6. The highest BCUT2D eigenvalue weighted by Gasteiger charge is 2.14. The van der Waals surface area contributed by atoms with E-state index in [4.69, 9.17) is 4.42 Å². The molecule has 102 valence electrons. The van der Waals surface area contributed by atoms with Crippen LogP contribution in [0.5, 0.6) is 0 Å². The molecule has 1 N–H and O–H groups in total. The Labute approximate surface area is 111 Å². The van der Waals surface area contributed by atoms with E-state index in [0.717, 1.165) is 30.2 Å². The SMILES string of the molecule is CCCNC(Cc1ccc(F)c(F)c1)c1ccoc1. The molecule has 0 aliphatic heterocycles. The summed E-state index contributed by atoms with van der Waals surface area (Å²) in [5.41, 5.74) is 1.77. The van der Waals surface area contributed by atoms with Crippen molar-refractivity contribution in [3.8, 4) is 0 Å². The van der Waals surface area contributed by atoms with Gasteiger partial charge in [-0.1, -0.05) is 13.0 Å². The van der Waals surface area contributed by atoms with Crippen LogP contribution in [-0.4, -0.2) is 6.54 Å². The van der Waals surface area contributed by atoms with Crippen LogP contribution < -0.4 is 5.32 Å². The minimum Gasteiger partial charge on any atom is -0.472 e. The highest BCUT2D eigenvalue weighted by Crippen LogP contribution is 2.20. The number of hydrogen-bond acceptors (Lipinski definition) is 2. The molecule has 0 saturated carbocycles. The number of furan rings is 1. The van der Waals surface area contributed by atoms with Crippen molar-refractivity contribution in [3.05, 3.63) is 59.6 Å². The fourth-order valence-electron chi connectivity index (χ4n) is 2.00. The molecular formula is C15H17F2NO. The maximum absolute atomic E-state index is 13.2. The Morgan fingerprint density at radius 1 is 1.21 bits per heavy atom. The lowest BCUT2D eigenvalue weighted by Gasteiger charge is -2.17. The molecule has 2 rings (SSSR count). The molecule has 19 heavy (non-hydrogen) atoms. The van der Waals surface area contributed by atoms with E-state index >= 15 is 0 Å². The maximum Gasteiger partial charge on any atom is 0.159 e. The fraction of sp³-hybridized carbons (Fsp3) is 0.333. The fourth-order valence-corrected chi connectivity index (χ4v) is 2.00. The summed E-state index contributed by atoms with van der Waals surface area (Å²) in [6, 6.07) is 5.95. The first-order chi connectivity index (χ1) is 9.20. The minimum atomic E-state index is -0.815. The Morgan fingerprint density at radius 2 is 2.05 bits per heavy atom. The zero-order valence-electron chi connectivity index (χ0n) is 10.8. The Balaban J connectivity index is 2.13. The van der Waals surface area contributed by atoms with E-state index in [9.17, 15) is 8.78 Å². The zero-order chi connectivity index (χ0) is 13.7. The summed E-state index contributed by atoms with van der Waals surface area (Å²) in [4.78, 5) is 0. The van der Waals surface area contributed by atoms with E-state index in [1.54, 1.807) is 18.6 Å². The van der Waals surface area contributed by atoms with Crippen molar-refractivity contribution in [2.75, 3.05) is 6.54 Å². The molecule has 0 radical (unpaired) electrons. The molecule has 2 nitrogen and oxygen atoms in total. The van der Waals surface area contributed by atoms with Gasteiger partial charge in [0.25, 0.3) is 0 Å². The quantitative estimate of drug-likeness (QED) is 0.858. The largest absolute Gasteiger partial charge is 0.472 e. The Hall–Kier alpha value is -1.68. The van der Waals surface area contributed by atoms with Gasteiger partial charge in [0.1, 0.15) is 0 Å². The summed E-state index contributed by atoms with van der Waals surface area (Å²) in [5.74, 6) is -1.62. The first-order valence-electron chi connectivity index (χ1n) is 6.40. The van der Waals surface area contributed by atoms with Crippen molar-refractivity contribution in [2.24, 2.45) is 0 Å². The number of rotatable bonds is 6. The molecule has 2 aromatic rings. The van der Waals surface area contributed by atoms with E-state index in [1.165, 1.54) is 6.07 Å². The maximum atomic E-state index is 13.2. The first kappa shape index (κ1) is 13.7. The van der Waals surface area contributed by atoms with Crippen molar-refractivity contribution in [2.45, 2.75) is 25.8 Å². The van der Waals surface area contributed by atoms with Crippen molar-refractivity contribution >= 4 is 0 Å². The Kier molecular flexibility index (Phi) is 4.68. The van der Waals surface area contributed by atoms with Crippen molar-refractivity contribution in [1.29, 1.82) is 0 Å². The summed E-state index contributed by atoms with van der Waals surface area (Å²) < 4.78 is 31.2. The monoisotopic (exact) mass is 265 g/mol. The van der Waals surface area contributed by atoms with Gasteiger partial charge >= 0.3 is 0 Å². The van der Waals surface area contributed by atoms with Crippen LogP contribution in [0.15, 0.2) is 41.2 Å². The molecule has 0 saturated heterocycles. The molecule has 0 fully saturated rings. The lowest BCUT2D eigenvalue weighted by molar-refractivity contribution is 0.496. The van der Waals surface area contributed by atoms with Crippen LogP contribution in [0.4, 0.5) is 8.78 Å². The molecule has 0 bridgehead atoms. The predicted octanol–water partition coefficient (Wildman–Crippen LogP) is 3.84. The van der Waals surface area contributed by atoms with Crippen molar-refractivity contribution in [1.82, 2.24) is 5.32 Å². The third-order valence-electron chi connectivity index (χ3n) is 3.01. The van der Waals surface area contributed by atoms with Gasteiger partial charge < -0.3 is 9.73 Å². The molecular weight excluding hydrogens is 248 g/mol. The standard InChI is InChI=1S/C15H17F2NO/c1-2-6-18-15(12-5-7-19-10-12)9-11-3-4-13(16)14(17)8-11/h3-5,7-8,10,15,18H,2,6,9H2,1H3. The number of benzene rings is 1. The summed E-state index contributed by atoms with van der Waals surface area (Å²) in [6.07, 6.45) is 4.89. The van der Waals surface area contributed by atoms with Crippen LogP contribution in [-0.2, 0) is 6.42 Å². The van der Waals surface area contributed by atoms with Gasteiger partial charge in [-0.3, -0.25) is 0 Å². The molecule has 4 heteroatoms. The zero-order valence-corrected chi connectivity index (χ0v) is 10.8. The third kappa shape index (κ3) is 3.64. The molecule has 1 aromatic heterocycles. The van der Waals surface area contributed by atoms with E-state index in [2.05, 4.69) is 12.2 Å². The average Bonchev–Trinajstić information content (AvgIpc) is 2.92. The topological polar surface area (TPSA) is 25.2 Å². The van der Waals surface area contributed by atoms with Crippen LogP contribution >= 0.6 is 0 Å².